The van der Waals surface area contributed by atoms with Crippen molar-refractivity contribution in [1.82, 2.24) is 0 Å². The third-order valence-electron chi connectivity index (χ3n) is 2.96. The molecule has 0 unspecified atom stereocenters. The first kappa shape index (κ1) is 13.2. The van der Waals surface area contributed by atoms with Crippen molar-refractivity contribution >= 4 is 16.8 Å². The number of hydrogen-bond acceptors (Lipinski definition) is 1. The van der Waals surface area contributed by atoms with Crippen molar-refractivity contribution in [3.05, 3.63) is 35.9 Å². The van der Waals surface area contributed by atoms with E-state index in [1.165, 1.54) is 5.56 Å². The van der Waals surface area contributed by atoms with Crippen LogP contribution in [0.2, 0.25) is 0 Å². The third kappa shape index (κ3) is 3.97. The maximum Gasteiger partial charge on any atom is 0.224 e. The molecule has 0 saturated carbocycles. The van der Waals surface area contributed by atoms with Gasteiger partial charge in [-0.05, 0) is 35.9 Å². The zero-order chi connectivity index (χ0) is 12.0. The maximum atomic E-state index is 11.3. The van der Waals surface area contributed by atoms with Crippen LogP contribution in [0.5, 0.6) is 0 Å². The van der Waals surface area contributed by atoms with Gasteiger partial charge in [-0.15, -0.1) is 0 Å². The molecule has 0 aromatic heterocycles. The van der Waals surface area contributed by atoms with Gasteiger partial charge in [-0.2, -0.15) is 0 Å². The lowest BCUT2D eigenvalue weighted by atomic mass is 9.88. The lowest BCUT2D eigenvalue weighted by Gasteiger charge is -2.17. The summed E-state index contributed by atoms with van der Waals surface area (Å²) >= 11 is 5.62. The summed E-state index contributed by atoms with van der Waals surface area (Å²) in [5.41, 5.74) is 1.28. The van der Waals surface area contributed by atoms with Gasteiger partial charge < -0.3 is 0 Å². The molecule has 1 nitrogen and oxygen atoms in total. The van der Waals surface area contributed by atoms with Crippen LogP contribution < -0.4 is 0 Å². The molecule has 0 saturated heterocycles. The molecular weight excluding hydrogens is 220 g/mol. The van der Waals surface area contributed by atoms with E-state index >= 15 is 0 Å². The van der Waals surface area contributed by atoms with E-state index in [1.807, 2.05) is 18.2 Å². The van der Waals surface area contributed by atoms with Crippen molar-refractivity contribution in [3.63, 3.8) is 0 Å². The van der Waals surface area contributed by atoms with Crippen LogP contribution in [-0.2, 0) is 4.79 Å². The van der Waals surface area contributed by atoms with Gasteiger partial charge in [0.2, 0.25) is 5.24 Å². The first-order valence-electron chi connectivity index (χ1n) is 5.89. The molecule has 0 radical (unpaired) electrons. The van der Waals surface area contributed by atoms with Gasteiger partial charge in [0, 0.05) is 5.92 Å². The minimum atomic E-state index is -0.190. The van der Waals surface area contributed by atoms with Crippen LogP contribution in [0.4, 0.5) is 0 Å². The van der Waals surface area contributed by atoms with E-state index in [-0.39, 0.29) is 11.2 Å². The summed E-state index contributed by atoms with van der Waals surface area (Å²) in [7, 11) is 0. The zero-order valence-corrected chi connectivity index (χ0v) is 10.7. The molecule has 1 rings (SSSR count). The Morgan fingerprint density at radius 3 is 2.44 bits per heavy atom. The van der Waals surface area contributed by atoms with Crippen molar-refractivity contribution < 1.29 is 4.79 Å². The molecule has 0 aliphatic heterocycles. The minimum Gasteiger partial charge on any atom is -0.281 e. The van der Waals surface area contributed by atoms with Crippen molar-refractivity contribution in [2.45, 2.75) is 39.0 Å². The van der Waals surface area contributed by atoms with E-state index in [9.17, 15) is 4.79 Å². The molecule has 0 aliphatic carbocycles. The summed E-state index contributed by atoms with van der Waals surface area (Å²) < 4.78 is 0. The van der Waals surface area contributed by atoms with E-state index in [2.05, 4.69) is 26.0 Å². The predicted octanol–water partition coefficient (Wildman–Crippen LogP) is 4.36. The van der Waals surface area contributed by atoms with Crippen LogP contribution in [0, 0.1) is 5.92 Å². The summed E-state index contributed by atoms with van der Waals surface area (Å²) in [4.78, 5) is 11.3. The molecule has 1 aromatic carbocycles. The van der Waals surface area contributed by atoms with Crippen LogP contribution >= 0.6 is 11.6 Å². The van der Waals surface area contributed by atoms with Gasteiger partial charge in [-0.1, -0.05) is 50.6 Å². The van der Waals surface area contributed by atoms with Crippen LogP contribution in [0.1, 0.15) is 44.6 Å². The molecular formula is C14H19ClO. The van der Waals surface area contributed by atoms with Crippen LogP contribution in [0.15, 0.2) is 30.3 Å². The number of rotatable bonds is 6. The number of carbonyl (C=O) groups excluding carboxylic acids is 1. The number of carbonyl (C=O) groups is 1. The predicted molar refractivity (Wildman–Crippen MR) is 68.7 cm³/mol. The Balaban J connectivity index is 2.61. The van der Waals surface area contributed by atoms with Crippen molar-refractivity contribution in [2.75, 3.05) is 0 Å². The second kappa shape index (κ2) is 6.70. The summed E-state index contributed by atoms with van der Waals surface area (Å²) in [6.45, 7) is 4.23. The first-order chi connectivity index (χ1) is 7.65. The summed E-state index contributed by atoms with van der Waals surface area (Å²) in [6.07, 6.45) is 2.74. The van der Waals surface area contributed by atoms with Gasteiger partial charge in [0.15, 0.2) is 0 Å². The van der Waals surface area contributed by atoms with Crippen molar-refractivity contribution in [2.24, 2.45) is 5.92 Å². The fraction of sp³-hybridized carbons (Fsp3) is 0.500. The molecule has 0 fully saturated rings. The molecule has 1 aromatic rings. The fourth-order valence-corrected chi connectivity index (χ4v) is 2.22. The molecule has 0 amide bonds. The van der Waals surface area contributed by atoms with Gasteiger partial charge in [-0.25, -0.2) is 0 Å². The fourth-order valence-electron chi connectivity index (χ4n) is 2.02. The third-order valence-corrected chi connectivity index (χ3v) is 3.27. The van der Waals surface area contributed by atoms with E-state index in [0.717, 1.165) is 19.3 Å². The van der Waals surface area contributed by atoms with E-state index in [1.54, 1.807) is 0 Å². The Morgan fingerprint density at radius 1 is 1.31 bits per heavy atom. The van der Waals surface area contributed by atoms with Crippen LogP contribution in [-0.4, -0.2) is 5.24 Å². The number of benzene rings is 1. The highest BCUT2D eigenvalue weighted by atomic mass is 35.5. The van der Waals surface area contributed by atoms with E-state index in [4.69, 9.17) is 11.6 Å². The first-order valence-corrected chi connectivity index (χ1v) is 6.27. The molecule has 2 atom stereocenters. The highest BCUT2D eigenvalue weighted by Gasteiger charge is 2.19. The molecule has 0 spiro atoms. The number of halogens is 1. The Kier molecular flexibility index (Phi) is 5.54. The highest BCUT2D eigenvalue weighted by molar-refractivity contribution is 6.63. The van der Waals surface area contributed by atoms with Crippen LogP contribution in [0.25, 0.3) is 0 Å². The Hall–Kier alpha value is -0.820. The monoisotopic (exact) mass is 238 g/mol. The molecule has 0 aliphatic rings. The minimum absolute atomic E-state index is 0.00173. The Morgan fingerprint density at radius 2 is 1.94 bits per heavy atom. The molecule has 0 bridgehead atoms. The summed E-state index contributed by atoms with van der Waals surface area (Å²) in [6, 6.07) is 10.3. The largest absolute Gasteiger partial charge is 0.281 e. The molecule has 2 heteroatoms. The average Bonchev–Trinajstić information content (AvgIpc) is 2.29. The highest BCUT2D eigenvalue weighted by Crippen LogP contribution is 2.27. The van der Waals surface area contributed by atoms with E-state index < -0.39 is 0 Å². The molecule has 0 heterocycles. The standard InChI is InChI=1S/C14H19ClO/c1-3-7-13(14(15)16)10-11(2)12-8-5-4-6-9-12/h4-6,8-9,11,13H,3,7,10H2,1-2H3/t11-,13+/m1/s1. The quantitative estimate of drug-likeness (QED) is 0.673. The van der Waals surface area contributed by atoms with Gasteiger partial charge in [0.1, 0.15) is 0 Å². The SMILES string of the molecule is CCC[C@@H](C[C@@H](C)c1ccccc1)C(=O)Cl. The lowest BCUT2D eigenvalue weighted by Crippen LogP contribution is -2.12. The summed E-state index contributed by atoms with van der Waals surface area (Å²) in [5, 5.41) is -0.190. The van der Waals surface area contributed by atoms with Gasteiger partial charge in [0.25, 0.3) is 0 Å². The van der Waals surface area contributed by atoms with Crippen molar-refractivity contribution in [3.8, 4) is 0 Å². The normalized spacial score (nSPS) is 14.4. The second-order valence-corrected chi connectivity index (χ2v) is 4.71. The molecule has 88 valence electrons. The number of hydrogen-bond donors (Lipinski definition) is 0. The van der Waals surface area contributed by atoms with Crippen LogP contribution in [0.3, 0.4) is 0 Å². The van der Waals surface area contributed by atoms with Gasteiger partial charge in [-0.3, -0.25) is 4.79 Å². The Bertz CT molecular complexity index is 321. The maximum absolute atomic E-state index is 11.3. The average molecular weight is 239 g/mol. The van der Waals surface area contributed by atoms with E-state index in [0.29, 0.717) is 5.92 Å². The Labute approximate surface area is 103 Å². The van der Waals surface area contributed by atoms with Gasteiger partial charge >= 0.3 is 0 Å². The van der Waals surface area contributed by atoms with Crippen molar-refractivity contribution in [1.29, 1.82) is 0 Å². The summed E-state index contributed by atoms with van der Waals surface area (Å²) in [5.74, 6) is 0.391. The molecule has 16 heavy (non-hydrogen) atoms. The zero-order valence-electron chi connectivity index (χ0n) is 9.95. The smallest absolute Gasteiger partial charge is 0.224 e. The molecule has 0 N–H and O–H groups in total. The second-order valence-electron chi connectivity index (χ2n) is 4.34. The lowest BCUT2D eigenvalue weighted by molar-refractivity contribution is -0.115. The van der Waals surface area contributed by atoms with Gasteiger partial charge in [0.05, 0.1) is 0 Å². The topological polar surface area (TPSA) is 17.1 Å².